The summed E-state index contributed by atoms with van der Waals surface area (Å²) >= 11 is 0. The van der Waals surface area contributed by atoms with Gasteiger partial charge in [0.05, 0.1) is 19.5 Å². The molecular weight excluding hydrogens is 466 g/mol. The average molecular weight is 494 g/mol. The molecule has 1 unspecified atom stereocenters. The van der Waals surface area contributed by atoms with E-state index >= 15 is 0 Å². The first-order chi connectivity index (χ1) is 16.8. The topological polar surface area (TPSA) is 97.0 Å². The highest BCUT2D eigenvalue weighted by molar-refractivity contribution is 7.90. The van der Waals surface area contributed by atoms with E-state index in [2.05, 4.69) is 28.9 Å². The van der Waals surface area contributed by atoms with Crippen LogP contribution in [0.25, 0.3) is 0 Å². The maximum atomic E-state index is 12.4. The monoisotopic (exact) mass is 493 g/mol. The van der Waals surface area contributed by atoms with Gasteiger partial charge in [0.25, 0.3) is 0 Å². The minimum Gasteiger partial charge on any atom is -0.502 e. The number of ether oxygens (including phenoxy) is 1. The lowest BCUT2D eigenvalue weighted by Crippen LogP contribution is -2.35. The highest BCUT2D eigenvalue weighted by Gasteiger charge is 2.29. The summed E-state index contributed by atoms with van der Waals surface area (Å²) in [4.78, 5) is 14.1. The van der Waals surface area contributed by atoms with Crippen molar-refractivity contribution in [1.29, 1.82) is 0 Å². The molecule has 1 fully saturated rings. The molecule has 0 amide bonds. The SMILES string of the molecule is CS(=O)(=O)C(Cc1ccc(C#Cc2ccc(CN3CCOCC3)cc2)cc1)c1occc(=O)c1O. The molecule has 0 aliphatic carbocycles. The van der Waals surface area contributed by atoms with Crippen molar-refractivity contribution in [3.63, 3.8) is 0 Å². The van der Waals surface area contributed by atoms with Gasteiger partial charge in [-0.2, -0.15) is 0 Å². The first-order valence-electron chi connectivity index (χ1n) is 11.3. The van der Waals surface area contributed by atoms with Gasteiger partial charge in [-0.15, -0.1) is 0 Å². The molecule has 1 aromatic heterocycles. The minimum absolute atomic E-state index is 0.0532. The summed E-state index contributed by atoms with van der Waals surface area (Å²) in [7, 11) is -3.65. The van der Waals surface area contributed by atoms with Crippen LogP contribution in [0.1, 0.15) is 33.3 Å². The van der Waals surface area contributed by atoms with Crippen LogP contribution in [0.5, 0.6) is 5.75 Å². The van der Waals surface area contributed by atoms with Crippen molar-refractivity contribution in [3.8, 4) is 17.6 Å². The van der Waals surface area contributed by atoms with Crippen molar-refractivity contribution in [2.45, 2.75) is 18.2 Å². The Hall–Kier alpha value is -3.38. The fourth-order valence-electron chi connectivity index (χ4n) is 3.89. The van der Waals surface area contributed by atoms with Crippen molar-refractivity contribution in [2.75, 3.05) is 32.6 Å². The first kappa shape index (κ1) is 24.7. The van der Waals surface area contributed by atoms with Gasteiger partial charge in [-0.25, -0.2) is 8.42 Å². The lowest BCUT2D eigenvalue weighted by Gasteiger charge is -2.26. The third-order valence-electron chi connectivity index (χ3n) is 5.88. The number of aromatic hydroxyl groups is 1. The van der Waals surface area contributed by atoms with E-state index in [0.717, 1.165) is 62.6 Å². The van der Waals surface area contributed by atoms with E-state index in [1.807, 2.05) is 24.3 Å². The minimum atomic E-state index is -3.65. The maximum Gasteiger partial charge on any atom is 0.226 e. The molecule has 2 heterocycles. The highest BCUT2D eigenvalue weighted by Crippen LogP contribution is 2.30. The Labute approximate surface area is 204 Å². The van der Waals surface area contributed by atoms with Crippen molar-refractivity contribution < 1.29 is 22.7 Å². The van der Waals surface area contributed by atoms with Crippen molar-refractivity contribution >= 4 is 9.84 Å². The van der Waals surface area contributed by atoms with E-state index in [4.69, 9.17) is 9.15 Å². The third-order valence-corrected chi connectivity index (χ3v) is 7.29. The van der Waals surface area contributed by atoms with Crippen LogP contribution in [-0.4, -0.2) is 51.0 Å². The molecule has 3 aromatic rings. The van der Waals surface area contributed by atoms with Crippen LogP contribution in [0.4, 0.5) is 0 Å². The van der Waals surface area contributed by atoms with E-state index in [1.165, 1.54) is 5.56 Å². The smallest absolute Gasteiger partial charge is 0.226 e. The largest absolute Gasteiger partial charge is 0.502 e. The van der Waals surface area contributed by atoms with Gasteiger partial charge in [-0.3, -0.25) is 9.69 Å². The van der Waals surface area contributed by atoms with Gasteiger partial charge in [0, 0.05) is 43.1 Å². The van der Waals surface area contributed by atoms with Crippen LogP contribution in [-0.2, 0) is 27.5 Å². The second-order valence-corrected chi connectivity index (χ2v) is 10.8. The second kappa shape index (κ2) is 10.9. The molecule has 0 saturated carbocycles. The molecule has 1 saturated heterocycles. The Morgan fingerprint density at radius 2 is 1.51 bits per heavy atom. The number of morpholine rings is 1. The third kappa shape index (κ3) is 6.61. The maximum absolute atomic E-state index is 12.4. The van der Waals surface area contributed by atoms with Crippen molar-refractivity contribution in [1.82, 2.24) is 4.90 Å². The zero-order valence-electron chi connectivity index (χ0n) is 19.4. The Morgan fingerprint density at radius 1 is 0.943 bits per heavy atom. The zero-order chi connectivity index (χ0) is 24.8. The molecule has 8 heteroatoms. The van der Waals surface area contributed by atoms with E-state index < -0.39 is 26.3 Å². The molecule has 0 bridgehead atoms. The number of benzene rings is 2. The average Bonchev–Trinajstić information content (AvgIpc) is 2.85. The highest BCUT2D eigenvalue weighted by atomic mass is 32.2. The normalized spacial score (nSPS) is 15.2. The molecule has 0 radical (unpaired) electrons. The predicted octanol–water partition coefficient (Wildman–Crippen LogP) is 2.91. The summed E-state index contributed by atoms with van der Waals surface area (Å²) in [5.41, 5.74) is 2.97. The Kier molecular flexibility index (Phi) is 7.71. The van der Waals surface area contributed by atoms with E-state index in [0.29, 0.717) is 5.56 Å². The van der Waals surface area contributed by atoms with Gasteiger partial charge in [0.15, 0.2) is 15.6 Å². The molecule has 1 N–H and O–H groups in total. The Balaban J connectivity index is 1.43. The fourth-order valence-corrected chi connectivity index (χ4v) is 4.94. The molecule has 1 aliphatic rings. The van der Waals surface area contributed by atoms with Crippen LogP contribution in [0.3, 0.4) is 0 Å². The lowest BCUT2D eigenvalue weighted by molar-refractivity contribution is 0.0342. The molecule has 182 valence electrons. The Morgan fingerprint density at radius 3 is 2.09 bits per heavy atom. The Bertz CT molecular complexity index is 1380. The summed E-state index contributed by atoms with van der Waals surface area (Å²) in [6.07, 6.45) is 2.19. The van der Waals surface area contributed by atoms with E-state index in [1.54, 1.807) is 12.1 Å². The number of sulfone groups is 1. The lowest BCUT2D eigenvalue weighted by atomic mass is 10.1. The van der Waals surface area contributed by atoms with Crippen LogP contribution in [0.15, 0.2) is 70.1 Å². The van der Waals surface area contributed by atoms with Gasteiger partial charge < -0.3 is 14.3 Å². The van der Waals surface area contributed by atoms with Gasteiger partial charge in [-0.1, -0.05) is 36.1 Å². The summed E-state index contributed by atoms with van der Waals surface area (Å²) in [5, 5.41) is 8.86. The van der Waals surface area contributed by atoms with Crippen molar-refractivity contribution in [2.24, 2.45) is 0 Å². The summed E-state index contributed by atoms with van der Waals surface area (Å²) < 4.78 is 35.3. The number of hydrogen-bond donors (Lipinski definition) is 1. The molecule has 35 heavy (non-hydrogen) atoms. The van der Waals surface area contributed by atoms with E-state index in [-0.39, 0.29) is 12.2 Å². The molecule has 0 spiro atoms. The molecule has 4 rings (SSSR count). The number of rotatable bonds is 6. The summed E-state index contributed by atoms with van der Waals surface area (Å²) in [6.45, 7) is 4.36. The van der Waals surface area contributed by atoms with Gasteiger partial charge >= 0.3 is 0 Å². The summed E-state index contributed by atoms with van der Waals surface area (Å²) in [5.74, 6) is 5.35. The second-order valence-electron chi connectivity index (χ2n) is 8.55. The van der Waals surface area contributed by atoms with Gasteiger partial charge in [0.2, 0.25) is 11.2 Å². The van der Waals surface area contributed by atoms with Gasteiger partial charge in [-0.05, 0) is 41.8 Å². The molecule has 1 atom stereocenters. The number of nitrogens with zero attached hydrogens (tertiary/aromatic N) is 1. The quantitative estimate of drug-likeness (QED) is 0.528. The molecule has 7 nitrogen and oxygen atoms in total. The first-order valence-corrected chi connectivity index (χ1v) is 13.2. The van der Waals surface area contributed by atoms with Crippen LogP contribution in [0.2, 0.25) is 0 Å². The van der Waals surface area contributed by atoms with Crippen LogP contribution < -0.4 is 5.43 Å². The van der Waals surface area contributed by atoms with E-state index in [9.17, 15) is 18.3 Å². The van der Waals surface area contributed by atoms with Crippen LogP contribution >= 0.6 is 0 Å². The van der Waals surface area contributed by atoms with Gasteiger partial charge in [0.1, 0.15) is 5.25 Å². The molecule has 2 aromatic carbocycles. The van der Waals surface area contributed by atoms with Crippen molar-refractivity contribution in [3.05, 3.63) is 99.1 Å². The fraction of sp³-hybridized carbons (Fsp3) is 0.296. The standard InChI is InChI=1S/C27H27NO6S/c1-35(31,32)25(27-26(30)24(29)12-15-34-27)18-22-8-4-20(5-9-22)2-3-21-6-10-23(11-7-21)19-28-13-16-33-17-14-28/h4-12,15,25,30H,13-14,16-19H2,1H3. The number of hydrogen-bond acceptors (Lipinski definition) is 7. The predicted molar refractivity (Wildman–Crippen MR) is 133 cm³/mol. The van der Waals surface area contributed by atoms with Crippen LogP contribution in [0, 0.1) is 11.8 Å². The molecular formula is C27H27NO6S. The molecule has 1 aliphatic heterocycles. The summed E-state index contributed by atoms with van der Waals surface area (Å²) in [6, 6.07) is 16.4. The zero-order valence-corrected chi connectivity index (χ0v) is 20.3.